The first-order valence-corrected chi connectivity index (χ1v) is 20.4. The highest BCUT2D eigenvalue weighted by Gasteiger charge is 2.21. The van der Waals surface area contributed by atoms with Crippen molar-refractivity contribution in [2.75, 3.05) is 9.80 Å². The Morgan fingerprint density at radius 2 is 0.929 bits per heavy atom. The number of thiophene rings is 1. The van der Waals surface area contributed by atoms with Gasteiger partial charge in [0.1, 0.15) is 5.01 Å². The number of thiazole rings is 1. The van der Waals surface area contributed by atoms with Gasteiger partial charge in [0.05, 0.1) is 15.9 Å². The van der Waals surface area contributed by atoms with Gasteiger partial charge in [-0.25, -0.2) is 4.98 Å². The molecule has 0 bridgehead atoms. The van der Waals surface area contributed by atoms with Gasteiger partial charge in [-0.15, -0.1) is 22.7 Å². The summed E-state index contributed by atoms with van der Waals surface area (Å²) in [5.74, 6) is 0. The molecule has 3 nitrogen and oxygen atoms in total. The zero-order valence-electron chi connectivity index (χ0n) is 30.2. The Hall–Kier alpha value is -6.79. The van der Waals surface area contributed by atoms with Crippen LogP contribution in [0.4, 0.5) is 34.1 Å². The van der Waals surface area contributed by atoms with Crippen LogP contribution >= 0.6 is 22.7 Å². The second-order valence-electron chi connectivity index (χ2n) is 13.9. The minimum atomic E-state index is 1.01. The summed E-state index contributed by atoms with van der Waals surface area (Å²) in [7, 11) is 0. The Morgan fingerprint density at radius 3 is 1.66 bits per heavy atom. The van der Waals surface area contributed by atoms with E-state index in [4.69, 9.17) is 4.98 Å². The van der Waals surface area contributed by atoms with Crippen molar-refractivity contribution in [3.8, 4) is 10.6 Å². The Labute approximate surface area is 332 Å². The van der Waals surface area contributed by atoms with Crippen LogP contribution in [0.15, 0.2) is 200 Å². The lowest BCUT2D eigenvalue weighted by molar-refractivity contribution is 1.29. The van der Waals surface area contributed by atoms with Crippen LogP contribution in [0.25, 0.3) is 62.5 Å². The normalized spacial score (nSPS) is 11.6. The number of hydrogen-bond acceptors (Lipinski definition) is 5. The van der Waals surface area contributed by atoms with Gasteiger partial charge in [0.25, 0.3) is 0 Å². The van der Waals surface area contributed by atoms with E-state index in [9.17, 15) is 0 Å². The van der Waals surface area contributed by atoms with Crippen molar-refractivity contribution in [3.63, 3.8) is 0 Å². The maximum Gasteiger partial charge on any atom is 0.124 e. The maximum atomic E-state index is 5.47. The van der Waals surface area contributed by atoms with Gasteiger partial charge in [-0.05, 0) is 89.6 Å². The van der Waals surface area contributed by atoms with Crippen molar-refractivity contribution in [2.24, 2.45) is 0 Å². The molecule has 0 amide bonds. The molecule has 11 rings (SSSR count). The number of rotatable bonds is 7. The van der Waals surface area contributed by atoms with Crippen LogP contribution in [0.5, 0.6) is 0 Å². The largest absolute Gasteiger partial charge is 0.310 e. The molecule has 2 aromatic heterocycles. The van der Waals surface area contributed by atoms with E-state index in [1.54, 1.807) is 11.3 Å². The van der Waals surface area contributed by atoms with E-state index >= 15 is 0 Å². The molecule has 264 valence electrons. The standard InChI is InChI=1S/C51H33N3S2/c1-4-17-35(18-5-1)53(36-19-6-2-7-20-36)39-30-31-41-44(33-39)40-24-10-11-25-42(40)50-49(41)52-51(56-50)34-16-14-23-38(32-34)54(37-21-8-3-9-22-37)45-27-15-29-47-48(45)43-26-12-13-28-46(43)55-47/h1-33H. The van der Waals surface area contributed by atoms with E-state index in [0.29, 0.717) is 0 Å². The molecule has 0 saturated carbocycles. The molecule has 9 aromatic carbocycles. The van der Waals surface area contributed by atoms with E-state index in [-0.39, 0.29) is 0 Å². The summed E-state index contributed by atoms with van der Waals surface area (Å²) in [5, 5.41) is 8.37. The first kappa shape index (κ1) is 32.6. The molecule has 56 heavy (non-hydrogen) atoms. The van der Waals surface area contributed by atoms with Crippen LogP contribution in [0.1, 0.15) is 0 Å². The predicted molar refractivity (Wildman–Crippen MR) is 242 cm³/mol. The molecule has 0 saturated heterocycles. The maximum absolute atomic E-state index is 5.47. The van der Waals surface area contributed by atoms with Gasteiger partial charge in [0.15, 0.2) is 0 Å². The minimum absolute atomic E-state index is 1.01. The van der Waals surface area contributed by atoms with E-state index in [1.807, 2.05) is 11.3 Å². The Balaban J connectivity index is 1.08. The highest BCUT2D eigenvalue weighted by atomic mass is 32.1. The number of benzene rings is 9. The van der Waals surface area contributed by atoms with Crippen molar-refractivity contribution < 1.29 is 0 Å². The second-order valence-corrected chi connectivity index (χ2v) is 16.0. The average Bonchev–Trinajstić information content (AvgIpc) is 3.89. The third-order valence-corrected chi connectivity index (χ3v) is 12.9. The average molecular weight is 752 g/mol. The summed E-state index contributed by atoms with van der Waals surface area (Å²) in [4.78, 5) is 10.2. The molecule has 0 atom stereocenters. The van der Waals surface area contributed by atoms with E-state index in [0.717, 1.165) is 49.9 Å². The lowest BCUT2D eigenvalue weighted by Crippen LogP contribution is -2.10. The summed E-state index contributed by atoms with van der Waals surface area (Å²) >= 11 is 3.63. The van der Waals surface area contributed by atoms with Crippen LogP contribution in [-0.2, 0) is 0 Å². The molecule has 0 aliphatic heterocycles. The van der Waals surface area contributed by atoms with Crippen LogP contribution in [0.2, 0.25) is 0 Å². The second kappa shape index (κ2) is 13.5. The molecule has 2 heterocycles. The smallest absolute Gasteiger partial charge is 0.124 e. The number of para-hydroxylation sites is 3. The summed E-state index contributed by atoms with van der Waals surface area (Å²) in [6.07, 6.45) is 0. The van der Waals surface area contributed by atoms with E-state index in [1.165, 1.54) is 46.7 Å². The third kappa shape index (κ3) is 5.43. The predicted octanol–water partition coefficient (Wildman–Crippen LogP) is 15.6. The van der Waals surface area contributed by atoms with Gasteiger partial charge >= 0.3 is 0 Å². The fraction of sp³-hybridized carbons (Fsp3) is 0. The first-order valence-electron chi connectivity index (χ1n) is 18.8. The molecule has 0 radical (unpaired) electrons. The summed E-state index contributed by atoms with van der Waals surface area (Å²) in [6, 6.07) is 71.8. The number of aromatic nitrogens is 1. The lowest BCUT2D eigenvalue weighted by atomic mass is 9.99. The zero-order valence-corrected chi connectivity index (χ0v) is 31.8. The molecule has 0 aliphatic rings. The summed E-state index contributed by atoms with van der Waals surface area (Å²) in [5.41, 5.74) is 8.86. The molecule has 5 heteroatoms. The summed E-state index contributed by atoms with van der Waals surface area (Å²) in [6.45, 7) is 0. The van der Waals surface area contributed by atoms with Crippen molar-refractivity contribution in [3.05, 3.63) is 200 Å². The zero-order chi connectivity index (χ0) is 37.0. The fourth-order valence-electron chi connectivity index (χ4n) is 8.15. The number of fused-ring (bicyclic) bond motifs is 9. The molecular weight excluding hydrogens is 719 g/mol. The Morgan fingerprint density at radius 1 is 0.357 bits per heavy atom. The molecule has 11 aromatic rings. The Bertz CT molecular complexity index is 3170. The minimum Gasteiger partial charge on any atom is -0.310 e. The molecular formula is C51H33N3S2. The van der Waals surface area contributed by atoms with Gasteiger partial charge < -0.3 is 9.80 Å². The molecule has 0 aliphatic carbocycles. The molecule has 0 spiro atoms. The topological polar surface area (TPSA) is 19.4 Å². The third-order valence-electron chi connectivity index (χ3n) is 10.6. The number of hydrogen-bond donors (Lipinski definition) is 0. The first-order chi connectivity index (χ1) is 27.8. The highest BCUT2D eigenvalue weighted by Crippen LogP contribution is 2.47. The van der Waals surface area contributed by atoms with Crippen molar-refractivity contribution in [1.29, 1.82) is 0 Å². The van der Waals surface area contributed by atoms with Gasteiger partial charge in [-0.2, -0.15) is 0 Å². The lowest BCUT2D eigenvalue weighted by Gasteiger charge is -2.26. The van der Waals surface area contributed by atoms with Crippen LogP contribution in [0, 0.1) is 0 Å². The summed E-state index contributed by atoms with van der Waals surface area (Å²) < 4.78 is 3.79. The highest BCUT2D eigenvalue weighted by molar-refractivity contribution is 7.26. The van der Waals surface area contributed by atoms with Crippen LogP contribution < -0.4 is 9.80 Å². The Kier molecular flexibility index (Phi) is 7.87. The SMILES string of the molecule is c1ccc(N(c2ccccc2)c2ccc3c(c2)c2ccccc2c2sc(-c4cccc(N(c5ccccc5)c5cccc6sc7ccccc7c56)c4)nc32)cc1. The van der Waals surface area contributed by atoms with Crippen LogP contribution in [-0.4, -0.2) is 4.98 Å². The monoisotopic (exact) mass is 751 g/mol. The number of nitrogens with zero attached hydrogens (tertiary/aromatic N) is 3. The van der Waals surface area contributed by atoms with Gasteiger partial charge in [0, 0.05) is 64.9 Å². The number of anilines is 6. The van der Waals surface area contributed by atoms with Gasteiger partial charge in [-0.3, -0.25) is 0 Å². The van der Waals surface area contributed by atoms with Crippen molar-refractivity contribution in [1.82, 2.24) is 4.98 Å². The molecule has 0 unspecified atom stereocenters. The quantitative estimate of drug-likeness (QED) is 0.151. The molecule has 0 N–H and O–H groups in total. The molecule has 0 fully saturated rings. The van der Waals surface area contributed by atoms with Gasteiger partial charge in [0.2, 0.25) is 0 Å². The van der Waals surface area contributed by atoms with Gasteiger partial charge in [-0.1, -0.05) is 121 Å². The van der Waals surface area contributed by atoms with Crippen LogP contribution in [0.3, 0.4) is 0 Å². The van der Waals surface area contributed by atoms with E-state index < -0.39 is 0 Å². The van der Waals surface area contributed by atoms with Crippen molar-refractivity contribution >= 4 is 109 Å². The van der Waals surface area contributed by atoms with Crippen molar-refractivity contribution in [2.45, 2.75) is 0 Å². The van der Waals surface area contributed by atoms with E-state index in [2.05, 4.69) is 210 Å². The fourth-order valence-corrected chi connectivity index (χ4v) is 10.4.